The number of fused-ring (bicyclic) bond motifs is 7. The highest BCUT2D eigenvalue weighted by atomic mass is 16.6. The second-order valence-electron chi connectivity index (χ2n) is 6.25. The molecule has 3 fully saturated rings. The molecule has 2 heteroatoms. The number of hydrogen-bond donors (Lipinski definition) is 0. The van der Waals surface area contributed by atoms with Gasteiger partial charge in [0.1, 0.15) is 5.60 Å². The third kappa shape index (κ3) is 3.37. The Bertz CT molecular complexity index is 304. The SMILES string of the molecule is C=C(C)C(=O)OC12CCCCC(CCC1)CCC2. The molecule has 0 aromatic heterocycles. The van der Waals surface area contributed by atoms with Crippen LogP contribution in [-0.4, -0.2) is 11.6 Å². The molecule has 0 aromatic rings. The Morgan fingerprint density at radius 3 is 2.22 bits per heavy atom. The summed E-state index contributed by atoms with van der Waals surface area (Å²) in [5, 5.41) is 0. The van der Waals surface area contributed by atoms with E-state index in [1.165, 1.54) is 44.9 Å². The first kappa shape index (κ1) is 13.6. The summed E-state index contributed by atoms with van der Waals surface area (Å²) in [5.41, 5.74) is 0.356. The van der Waals surface area contributed by atoms with Crippen molar-refractivity contribution in [1.29, 1.82) is 0 Å². The van der Waals surface area contributed by atoms with Crippen molar-refractivity contribution < 1.29 is 9.53 Å². The number of ether oxygens (including phenoxy) is 1. The van der Waals surface area contributed by atoms with Gasteiger partial charge in [-0.2, -0.15) is 0 Å². The highest BCUT2D eigenvalue weighted by molar-refractivity contribution is 5.87. The van der Waals surface area contributed by atoms with Gasteiger partial charge in [-0.3, -0.25) is 0 Å². The summed E-state index contributed by atoms with van der Waals surface area (Å²) in [5.74, 6) is 0.740. The molecule has 2 bridgehead atoms. The lowest BCUT2D eigenvalue weighted by atomic mass is 9.82. The fourth-order valence-electron chi connectivity index (χ4n) is 3.55. The first-order valence-corrected chi connectivity index (χ1v) is 7.50. The van der Waals surface area contributed by atoms with E-state index in [-0.39, 0.29) is 11.6 Å². The molecule has 0 heterocycles. The van der Waals surface area contributed by atoms with E-state index in [4.69, 9.17) is 4.74 Å². The lowest BCUT2D eigenvalue weighted by molar-refractivity contribution is -0.158. The molecule has 0 saturated heterocycles. The molecule has 0 spiro atoms. The molecule has 0 aliphatic heterocycles. The molecule has 3 aliphatic carbocycles. The third-order valence-electron chi connectivity index (χ3n) is 4.64. The van der Waals surface area contributed by atoms with Gasteiger partial charge in [-0.15, -0.1) is 0 Å². The van der Waals surface area contributed by atoms with Crippen molar-refractivity contribution in [3.63, 3.8) is 0 Å². The van der Waals surface area contributed by atoms with E-state index < -0.39 is 0 Å². The quantitative estimate of drug-likeness (QED) is 0.536. The molecule has 2 nitrogen and oxygen atoms in total. The number of rotatable bonds is 2. The lowest BCUT2D eigenvalue weighted by Gasteiger charge is -2.35. The molecule has 18 heavy (non-hydrogen) atoms. The van der Waals surface area contributed by atoms with Crippen molar-refractivity contribution in [3.05, 3.63) is 12.2 Å². The summed E-state index contributed by atoms with van der Waals surface area (Å²) in [6.07, 6.45) is 12.1. The van der Waals surface area contributed by atoms with Gasteiger partial charge in [-0.1, -0.05) is 32.3 Å². The predicted octanol–water partition coefficient (Wildman–Crippen LogP) is 4.39. The van der Waals surface area contributed by atoms with E-state index >= 15 is 0 Å². The van der Waals surface area contributed by atoms with Crippen molar-refractivity contribution in [1.82, 2.24) is 0 Å². The normalized spacial score (nSPS) is 32.8. The summed E-state index contributed by atoms with van der Waals surface area (Å²) < 4.78 is 5.86. The number of esters is 1. The Balaban J connectivity index is 2.10. The van der Waals surface area contributed by atoms with Crippen molar-refractivity contribution in [3.8, 4) is 0 Å². The van der Waals surface area contributed by atoms with Crippen LogP contribution >= 0.6 is 0 Å². The van der Waals surface area contributed by atoms with E-state index in [0.29, 0.717) is 5.57 Å². The number of hydrogen-bond acceptors (Lipinski definition) is 2. The second kappa shape index (κ2) is 5.90. The zero-order chi connectivity index (χ0) is 13.0. The van der Waals surface area contributed by atoms with Gasteiger partial charge in [0.05, 0.1) is 0 Å². The maximum absolute atomic E-state index is 11.9. The van der Waals surface area contributed by atoms with Gasteiger partial charge in [0.25, 0.3) is 0 Å². The van der Waals surface area contributed by atoms with Crippen LogP contribution in [0.1, 0.15) is 71.1 Å². The molecular weight excluding hydrogens is 224 g/mol. The lowest BCUT2D eigenvalue weighted by Crippen LogP contribution is -2.36. The van der Waals surface area contributed by atoms with Crippen LogP contribution in [0.5, 0.6) is 0 Å². The highest BCUT2D eigenvalue weighted by Crippen LogP contribution is 2.39. The Hall–Kier alpha value is -0.790. The molecule has 3 saturated carbocycles. The van der Waals surface area contributed by atoms with Gasteiger partial charge >= 0.3 is 5.97 Å². The van der Waals surface area contributed by atoms with Crippen LogP contribution in [0.2, 0.25) is 0 Å². The van der Waals surface area contributed by atoms with E-state index in [0.717, 1.165) is 25.2 Å². The summed E-state index contributed by atoms with van der Waals surface area (Å²) in [7, 11) is 0. The van der Waals surface area contributed by atoms with Crippen molar-refractivity contribution in [2.75, 3.05) is 0 Å². The molecule has 0 aromatic carbocycles. The smallest absolute Gasteiger partial charge is 0.333 e. The molecule has 0 unspecified atom stereocenters. The van der Waals surface area contributed by atoms with Gasteiger partial charge in [0.2, 0.25) is 0 Å². The molecule has 0 amide bonds. The van der Waals surface area contributed by atoms with Gasteiger partial charge in [-0.25, -0.2) is 4.79 Å². The van der Waals surface area contributed by atoms with Crippen LogP contribution in [0.4, 0.5) is 0 Å². The number of carbonyl (C=O) groups excluding carboxylic acids is 1. The van der Waals surface area contributed by atoms with E-state index in [1.807, 2.05) is 0 Å². The average Bonchev–Trinajstić information content (AvgIpc) is 2.44. The van der Waals surface area contributed by atoms with Crippen LogP contribution in [0.3, 0.4) is 0 Å². The van der Waals surface area contributed by atoms with Crippen LogP contribution in [-0.2, 0) is 9.53 Å². The van der Waals surface area contributed by atoms with Gasteiger partial charge in [-0.05, 0) is 51.4 Å². The monoisotopic (exact) mass is 250 g/mol. The second-order valence-corrected chi connectivity index (χ2v) is 6.25. The van der Waals surface area contributed by atoms with Crippen LogP contribution in [0.15, 0.2) is 12.2 Å². The van der Waals surface area contributed by atoms with Crippen molar-refractivity contribution in [2.45, 2.75) is 76.7 Å². The minimum absolute atomic E-state index is 0.175. The summed E-state index contributed by atoms with van der Waals surface area (Å²) in [4.78, 5) is 11.9. The van der Waals surface area contributed by atoms with Crippen LogP contribution in [0.25, 0.3) is 0 Å². The predicted molar refractivity (Wildman–Crippen MR) is 73.3 cm³/mol. The van der Waals surface area contributed by atoms with Gasteiger partial charge < -0.3 is 4.74 Å². The van der Waals surface area contributed by atoms with Crippen molar-refractivity contribution >= 4 is 5.97 Å². The fraction of sp³-hybridized carbons (Fsp3) is 0.812. The first-order chi connectivity index (χ1) is 8.61. The summed E-state index contributed by atoms with van der Waals surface area (Å²) >= 11 is 0. The van der Waals surface area contributed by atoms with Gasteiger partial charge in [0, 0.05) is 5.57 Å². The topological polar surface area (TPSA) is 26.3 Å². The maximum atomic E-state index is 11.9. The minimum atomic E-state index is -0.189. The van der Waals surface area contributed by atoms with E-state index in [1.54, 1.807) is 6.92 Å². The van der Waals surface area contributed by atoms with E-state index in [9.17, 15) is 4.79 Å². The highest BCUT2D eigenvalue weighted by Gasteiger charge is 2.36. The Morgan fingerprint density at radius 2 is 1.61 bits per heavy atom. The Kier molecular flexibility index (Phi) is 4.47. The minimum Gasteiger partial charge on any atom is -0.456 e. The largest absolute Gasteiger partial charge is 0.456 e. The maximum Gasteiger partial charge on any atom is 0.333 e. The molecule has 102 valence electrons. The molecule has 3 rings (SSSR count). The van der Waals surface area contributed by atoms with E-state index in [2.05, 4.69) is 6.58 Å². The molecule has 0 radical (unpaired) electrons. The first-order valence-electron chi connectivity index (χ1n) is 7.50. The third-order valence-corrected chi connectivity index (χ3v) is 4.64. The fourth-order valence-corrected chi connectivity index (χ4v) is 3.55. The Labute approximate surface area is 111 Å². The zero-order valence-electron chi connectivity index (χ0n) is 11.7. The molecular formula is C16H26O2. The summed E-state index contributed by atoms with van der Waals surface area (Å²) in [6.45, 7) is 5.45. The van der Waals surface area contributed by atoms with Crippen LogP contribution < -0.4 is 0 Å². The molecule has 0 N–H and O–H groups in total. The van der Waals surface area contributed by atoms with Crippen molar-refractivity contribution in [2.24, 2.45) is 5.92 Å². The van der Waals surface area contributed by atoms with Crippen LogP contribution in [0, 0.1) is 5.92 Å². The standard InChI is InChI=1S/C16H26O2/c1-13(2)15(17)18-16-10-4-3-7-14(8-5-11-16)9-6-12-16/h14H,1,3-12H2,2H3. The zero-order valence-corrected chi connectivity index (χ0v) is 11.7. The average molecular weight is 250 g/mol. The molecule has 0 atom stereocenters. The summed E-state index contributed by atoms with van der Waals surface area (Å²) in [6, 6.07) is 0. The number of carbonyl (C=O) groups is 1. The Morgan fingerprint density at radius 1 is 1.06 bits per heavy atom. The van der Waals surface area contributed by atoms with Gasteiger partial charge in [0.15, 0.2) is 0 Å². The molecule has 3 aliphatic rings.